The van der Waals surface area contributed by atoms with Crippen molar-refractivity contribution in [1.82, 2.24) is 14.9 Å². The van der Waals surface area contributed by atoms with Crippen LogP contribution in [0, 0.1) is 16.1 Å². The fourth-order valence-corrected chi connectivity index (χ4v) is 2.25. The van der Waals surface area contributed by atoms with E-state index in [-0.39, 0.29) is 29.2 Å². The first-order valence-corrected chi connectivity index (χ1v) is 6.84. The summed E-state index contributed by atoms with van der Waals surface area (Å²) in [6.45, 7) is 1.76. The molecule has 0 bridgehead atoms. The van der Waals surface area contributed by atoms with Crippen molar-refractivity contribution in [2.24, 2.45) is 0 Å². The predicted octanol–water partition coefficient (Wildman–Crippen LogP) is 1.48. The van der Waals surface area contributed by atoms with Gasteiger partial charge in [-0.15, -0.1) is 0 Å². The molecule has 6 nitrogen and oxygen atoms in total. The molecular formula is C14H14N4O2S. The number of rotatable bonds is 4. The minimum atomic E-state index is -0.555. The van der Waals surface area contributed by atoms with E-state index in [1.54, 1.807) is 25.1 Å². The molecule has 0 saturated heterocycles. The highest BCUT2D eigenvalue weighted by atomic mass is 32.1. The van der Waals surface area contributed by atoms with Gasteiger partial charge in [-0.05, 0) is 31.3 Å². The van der Waals surface area contributed by atoms with Crippen LogP contribution in [0.25, 0.3) is 10.9 Å². The van der Waals surface area contributed by atoms with Crippen LogP contribution in [0.1, 0.15) is 13.3 Å². The first kappa shape index (κ1) is 14.9. The predicted molar refractivity (Wildman–Crippen MR) is 81.2 cm³/mol. The minimum Gasteiger partial charge on any atom is -0.341 e. The van der Waals surface area contributed by atoms with Crippen molar-refractivity contribution in [2.75, 3.05) is 0 Å². The standard InChI is InChI=1S/C14H14N4O2S/c1-9(8-15)16-12(19)6-7-18-13(20)10-4-2-3-5-11(10)17-14(18)21/h2-5,9H,6-7H2,1H3,(H,16,19)(H,17,21). The number of nitrogens with zero attached hydrogens (tertiary/aromatic N) is 2. The molecule has 2 rings (SSSR count). The Hall–Kier alpha value is -2.46. The molecule has 2 aromatic rings. The van der Waals surface area contributed by atoms with Gasteiger partial charge in [0.25, 0.3) is 5.56 Å². The first-order chi connectivity index (χ1) is 10.0. The topological polar surface area (TPSA) is 90.7 Å². The number of amides is 1. The van der Waals surface area contributed by atoms with E-state index >= 15 is 0 Å². The minimum absolute atomic E-state index is 0.0851. The Labute approximate surface area is 126 Å². The second-order valence-corrected chi connectivity index (χ2v) is 4.99. The van der Waals surface area contributed by atoms with Gasteiger partial charge in [0.05, 0.1) is 17.0 Å². The largest absolute Gasteiger partial charge is 0.341 e. The maximum Gasteiger partial charge on any atom is 0.262 e. The number of nitriles is 1. The van der Waals surface area contributed by atoms with Crippen LogP contribution in [0.4, 0.5) is 0 Å². The van der Waals surface area contributed by atoms with E-state index in [0.29, 0.717) is 10.9 Å². The van der Waals surface area contributed by atoms with Gasteiger partial charge in [-0.3, -0.25) is 14.2 Å². The molecule has 0 aliphatic heterocycles. The zero-order valence-electron chi connectivity index (χ0n) is 11.4. The maximum absolute atomic E-state index is 12.3. The highest BCUT2D eigenvalue weighted by Crippen LogP contribution is 2.06. The van der Waals surface area contributed by atoms with Crippen molar-refractivity contribution < 1.29 is 4.79 Å². The van der Waals surface area contributed by atoms with Crippen molar-refractivity contribution in [3.63, 3.8) is 0 Å². The van der Waals surface area contributed by atoms with Gasteiger partial charge >= 0.3 is 0 Å². The zero-order valence-corrected chi connectivity index (χ0v) is 12.2. The fraction of sp³-hybridized carbons (Fsp3) is 0.286. The lowest BCUT2D eigenvalue weighted by Crippen LogP contribution is -2.33. The van der Waals surface area contributed by atoms with Crippen molar-refractivity contribution in [1.29, 1.82) is 5.26 Å². The zero-order chi connectivity index (χ0) is 15.4. The second kappa shape index (κ2) is 6.33. The Morgan fingerprint density at radius 2 is 2.24 bits per heavy atom. The fourth-order valence-electron chi connectivity index (χ4n) is 1.96. The monoisotopic (exact) mass is 302 g/mol. The van der Waals surface area contributed by atoms with E-state index in [9.17, 15) is 9.59 Å². The third kappa shape index (κ3) is 3.35. The molecule has 108 valence electrons. The summed E-state index contributed by atoms with van der Waals surface area (Å²) in [6, 6.07) is 8.42. The van der Waals surface area contributed by atoms with Crippen LogP contribution in [0.3, 0.4) is 0 Å². The number of aromatic nitrogens is 2. The number of H-pyrrole nitrogens is 1. The Morgan fingerprint density at radius 3 is 2.95 bits per heavy atom. The number of carbonyl (C=O) groups excluding carboxylic acids is 1. The maximum atomic E-state index is 12.3. The van der Waals surface area contributed by atoms with E-state index in [4.69, 9.17) is 17.5 Å². The Kier molecular flexibility index (Phi) is 4.50. The summed E-state index contributed by atoms with van der Waals surface area (Å²) >= 11 is 5.15. The number of hydrogen-bond acceptors (Lipinski definition) is 4. The molecule has 1 aromatic heterocycles. The third-order valence-electron chi connectivity index (χ3n) is 3.02. The Morgan fingerprint density at radius 1 is 1.52 bits per heavy atom. The van der Waals surface area contributed by atoms with Crippen LogP contribution in [0.15, 0.2) is 29.1 Å². The summed E-state index contributed by atoms with van der Waals surface area (Å²) in [5.41, 5.74) is 0.446. The van der Waals surface area contributed by atoms with E-state index in [0.717, 1.165) is 0 Å². The number of para-hydroxylation sites is 1. The summed E-state index contributed by atoms with van der Waals surface area (Å²) < 4.78 is 1.63. The lowest BCUT2D eigenvalue weighted by Gasteiger charge is -2.09. The quantitative estimate of drug-likeness (QED) is 0.837. The van der Waals surface area contributed by atoms with Gasteiger partial charge in [-0.2, -0.15) is 5.26 Å². The molecule has 0 aliphatic rings. The highest BCUT2D eigenvalue weighted by Gasteiger charge is 2.09. The molecule has 0 radical (unpaired) electrons. The number of nitrogens with one attached hydrogen (secondary N) is 2. The van der Waals surface area contributed by atoms with Gasteiger partial charge < -0.3 is 10.3 Å². The van der Waals surface area contributed by atoms with Gasteiger partial charge in [0.15, 0.2) is 4.77 Å². The molecule has 1 heterocycles. The van der Waals surface area contributed by atoms with Crippen LogP contribution < -0.4 is 10.9 Å². The normalized spacial score (nSPS) is 11.8. The first-order valence-electron chi connectivity index (χ1n) is 6.44. The number of fused-ring (bicyclic) bond motifs is 1. The van der Waals surface area contributed by atoms with Gasteiger partial charge in [0, 0.05) is 13.0 Å². The summed E-state index contributed by atoms with van der Waals surface area (Å²) in [7, 11) is 0. The molecule has 0 saturated carbocycles. The lowest BCUT2D eigenvalue weighted by atomic mass is 10.2. The van der Waals surface area contributed by atoms with Gasteiger partial charge in [-0.1, -0.05) is 12.1 Å². The molecular weight excluding hydrogens is 288 g/mol. The summed E-state index contributed by atoms with van der Waals surface area (Å²) in [6.07, 6.45) is 0.0851. The van der Waals surface area contributed by atoms with E-state index < -0.39 is 6.04 Å². The van der Waals surface area contributed by atoms with Crippen LogP contribution in [-0.2, 0) is 11.3 Å². The molecule has 1 atom stereocenters. The van der Waals surface area contributed by atoms with Crippen LogP contribution in [0.2, 0.25) is 0 Å². The highest BCUT2D eigenvalue weighted by molar-refractivity contribution is 7.71. The van der Waals surface area contributed by atoms with E-state index in [1.807, 2.05) is 12.1 Å². The van der Waals surface area contributed by atoms with Crippen LogP contribution in [0.5, 0.6) is 0 Å². The molecule has 1 aromatic carbocycles. The molecule has 1 unspecified atom stereocenters. The van der Waals surface area contributed by atoms with E-state index in [2.05, 4.69) is 10.3 Å². The van der Waals surface area contributed by atoms with Crippen molar-refractivity contribution in [3.8, 4) is 6.07 Å². The smallest absolute Gasteiger partial charge is 0.262 e. The molecule has 0 spiro atoms. The number of benzene rings is 1. The van der Waals surface area contributed by atoms with Crippen molar-refractivity contribution in [2.45, 2.75) is 25.9 Å². The average molecular weight is 302 g/mol. The molecule has 1 amide bonds. The molecule has 7 heteroatoms. The lowest BCUT2D eigenvalue weighted by molar-refractivity contribution is -0.121. The Bertz CT molecular complexity index is 831. The average Bonchev–Trinajstić information content (AvgIpc) is 2.46. The van der Waals surface area contributed by atoms with E-state index in [1.165, 1.54) is 4.57 Å². The molecule has 2 N–H and O–H groups in total. The number of aromatic amines is 1. The van der Waals surface area contributed by atoms with Crippen molar-refractivity contribution >= 4 is 29.0 Å². The number of carbonyl (C=O) groups is 1. The third-order valence-corrected chi connectivity index (χ3v) is 3.35. The van der Waals surface area contributed by atoms with Crippen molar-refractivity contribution in [3.05, 3.63) is 39.4 Å². The molecule has 21 heavy (non-hydrogen) atoms. The number of hydrogen-bond donors (Lipinski definition) is 2. The van der Waals surface area contributed by atoms with Gasteiger partial charge in [0.1, 0.15) is 6.04 Å². The summed E-state index contributed by atoms with van der Waals surface area (Å²) in [4.78, 5) is 27.0. The van der Waals surface area contributed by atoms with Crippen LogP contribution in [-0.4, -0.2) is 21.5 Å². The van der Waals surface area contributed by atoms with Crippen LogP contribution >= 0.6 is 12.2 Å². The van der Waals surface area contributed by atoms with Gasteiger partial charge in [-0.25, -0.2) is 0 Å². The SMILES string of the molecule is CC(C#N)NC(=O)CCn1c(=S)[nH]c2ccccc2c1=O. The molecule has 0 aliphatic carbocycles. The molecule has 0 fully saturated rings. The second-order valence-electron chi connectivity index (χ2n) is 4.60. The summed E-state index contributed by atoms with van der Waals surface area (Å²) in [5, 5.41) is 11.7. The Balaban J connectivity index is 2.24. The summed E-state index contributed by atoms with van der Waals surface area (Å²) in [5.74, 6) is -0.293. The van der Waals surface area contributed by atoms with Gasteiger partial charge in [0.2, 0.25) is 5.91 Å².